The molecule has 0 fully saturated rings. The van der Waals surface area contributed by atoms with Crippen molar-refractivity contribution in [3.8, 4) is 0 Å². The van der Waals surface area contributed by atoms with Crippen LogP contribution in [0.3, 0.4) is 0 Å². The van der Waals surface area contributed by atoms with Crippen molar-refractivity contribution in [2.45, 2.75) is 26.2 Å². The molecule has 25 heavy (non-hydrogen) atoms. The van der Waals surface area contributed by atoms with Crippen molar-refractivity contribution in [1.29, 1.82) is 0 Å². The summed E-state index contributed by atoms with van der Waals surface area (Å²) in [4.78, 5) is 31.0. The molecule has 1 atom stereocenters. The van der Waals surface area contributed by atoms with Crippen molar-refractivity contribution >= 4 is 28.3 Å². The molecule has 0 saturated carbocycles. The molecular formula is C19H23N3O2S. The average Bonchev–Trinajstić information content (AvgIpc) is 3.00. The van der Waals surface area contributed by atoms with Gasteiger partial charge in [-0.05, 0) is 18.9 Å². The number of aromatic nitrogens is 1. The van der Waals surface area contributed by atoms with E-state index in [0.29, 0.717) is 18.1 Å². The van der Waals surface area contributed by atoms with E-state index in [2.05, 4.69) is 16.9 Å². The van der Waals surface area contributed by atoms with E-state index in [9.17, 15) is 9.59 Å². The van der Waals surface area contributed by atoms with E-state index in [4.69, 9.17) is 0 Å². The van der Waals surface area contributed by atoms with Gasteiger partial charge in [0.25, 0.3) is 0 Å². The zero-order valence-corrected chi connectivity index (χ0v) is 15.4. The van der Waals surface area contributed by atoms with Crippen molar-refractivity contribution in [3.63, 3.8) is 0 Å². The number of aryl methyl sites for hydroxylation is 1. The van der Waals surface area contributed by atoms with Crippen LogP contribution < -0.4 is 5.32 Å². The van der Waals surface area contributed by atoms with Gasteiger partial charge in [-0.2, -0.15) is 0 Å². The summed E-state index contributed by atoms with van der Waals surface area (Å²) in [6.07, 6.45) is 2.31. The highest BCUT2D eigenvalue weighted by atomic mass is 32.1. The summed E-state index contributed by atoms with van der Waals surface area (Å²) in [6.45, 7) is 7.84. The maximum absolute atomic E-state index is 12.9. The Morgan fingerprint density at radius 1 is 1.36 bits per heavy atom. The van der Waals surface area contributed by atoms with E-state index in [1.165, 1.54) is 16.2 Å². The predicted molar refractivity (Wildman–Crippen MR) is 102 cm³/mol. The smallest absolute Gasteiger partial charge is 0.245 e. The van der Waals surface area contributed by atoms with Gasteiger partial charge in [-0.25, -0.2) is 4.98 Å². The molecule has 0 spiro atoms. The van der Waals surface area contributed by atoms with Crippen LogP contribution in [0.1, 0.15) is 30.5 Å². The lowest BCUT2D eigenvalue weighted by atomic mass is 9.95. The van der Waals surface area contributed by atoms with Crippen molar-refractivity contribution in [3.05, 3.63) is 59.6 Å². The van der Waals surface area contributed by atoms with Crippen molar-refractivity contribution in [2.24, 2.45) is 0 Å². The van der Waals surface area contributed by atoms with Gasteiger partial charge in [-0.3, -0.25) is 9.59 Å². The van der Waals surface area contributed by atoms with Crippen molar-refractivity contribution in [2.75, 3.05) is 18.4 Å². The van der Waals surface area contributed by atoms with Gasteiger partial charge in [-0.1, -0.05) is 43.3 Å². The molecule has 2 amide bonds. The Morgan fingerprint density at radius 3 is 2.64 bits per heavy atom. The second-order valence-corrected chi connectivity index (χ2v) is 6.58. The van der Waals surface area contributed by atoms with Gasteiger partial charge in [0.05, 0.1) is 11.6 Å². The number of carbonyl (C=O) groups is 2. The highest BCUT2D eigenvalue weighted by molar-refractivity contribution is 7.13. The molecule has 0 aliphatic heterocycles. The minimum absolute atomic E-state index is 0.0210. The fourth-order valence-electron chi connectivity index (χ4n) is 2.59. The van der Waals surface area contributed by atoms with Crippen molar-refractivity contribution in [1.82, 2.24) is 9.88 Å². The van der Waals surface area contributed by atoms with Crippen LogP contribution in [0.5, 0.6) is 0 Å². The molecule has 1 aromatic heterocycles. The number of benzene rings is 1. The van der Waals surface area contributed by atoms with Crippen LogP contribution in [0.25, 0.3) is 0 Å². The Hall–Kier alpha value is -2.47. The average molecular weight is 357 g/mol. The first-order chi connectivity index (χ1) is 12.0. The molecule has 5 nitrogen and oxygen atoms in total. The van der Waals surface area contributed by atoms with Crippen LogP contribution in [0, 0.1) is 6.92 Å². The number of hydrogen-bond acceptors (Lipinski definition) is 4. The number of amides is 2. The quantitative estimate of drug-likeness (QED) is 0.734. The fraction of sp³-hybridized carbons (Fsp3) is 0.316. The topological polar surface area (TPSA) is 62.3 Å². The first kappa shape index (κ1) is 18.9. The summed E-state index contributed by atoms with van der Waals surface area (Å²) < 4.78 is 0. The van der Waals surface area contributed by atoms with Crippen LogP contribution in [0.2, 0.25) is 0 Å². The van der Waals surface area contributed by atoms with E-state index in [-0.39, 0.29) is 24.3 Å². The largest absolute Gasteiger partial charge is 0.329 e. The van der Waals surface area contributed by atoms with E-state index >= 15 is 0 Å². The molecule has 6 heteroatoms. The molecule has 0 aliphatic carbocycles. The summed E-state index contributed by atoms with van der Waals surface area (Å²) in [5, 5.41) is 5.15. The lowest BCUT2D eigenvalue weighted by Gasteiger charge is -2.25. The molecule has 2 rings (SSSR count). The van der Waals surface area contributed by atoms with E-state index in [1.54, 1.807) is 6.08 Å². The Labute approximate surface area is 152 Å². The van der Waals surface area contributed by atoms with Crippen LogP contribution in [0.15, 0.2) is 48.4 Å². The monoisotopic (exact) mass is 357 g/mol. The zero-order chi connectivity index (χ0) is 18.2. The molecule has 0 saturated heterocycles. The number of hydrogen-bond donors (Lipinski definition) is 1. The van der Waals surface area contributed by atoms with Gasteiger partial charge < -0.3 is 10.2 Å². The highest BCUT2D eigenvalue weighted by Gasteiger charge is 2.25. The molecular weight excluding hydrogens is 334 g/mol. The third-order valence-electron chi connectivity index (χ3n) is 3.77. The second kappa shape index (κ2) is 9.13. The molecule has 0 bridgehead atoms. The standard InChI is InChI=1S/C19H23N3O2S/c1-4-11-22(12-17(23)21-19-20-14(3)13-25-19)18(24)16(5-2)15-9-7-6-8-10-15/h4,6-10,13,16H,1,5,11-12H2,2-3H3,(H,20,21,23)/t16-/m0/s1. The molecule has 0 radical (unpaired) electrons. The van der Waals surface area contributed by atoms with E-state index in [0.717, 1.165) is 11.3 Å². The summed E-state index contributed by atoms with van der Waals surface area (Å²) >= 11 is 1.37. The second-order valence-electron chi connectivity index (χ2n) is 5.72. The summed E-state index contributed by atoms with van der Waals surface area (Å²) in [6, 6.07) is 9.64. The third-order valence-corrected chi connectivity index (χ3v) is 4.64. The molecule has 1 heterocycles. The van der Waals surface area contributed by atoms with E-state index in [1.807, 2.05) is 49.6 Å². The predicted octanol–water partition coefficient (Wildman–Crippen LogP) is 3.60. The molecule has 132 valence electrons. The Balaban J connectivity index is 2.08. The van der Waals surface area contributed by atoms with Gasteiger partial charge in [0.2, 0.25) is 11.8 Å². The molecule has 2 aromatic rings. The number of anilines is 1. The van der Waals surface area contributed by atoms with E-state index < -0.39 is 0 Å². The highest BCUT2D eigenvalue weighted by Crippen LogP contribution is 2.22. The van der Waals surface area contributed by atoms with Crippen molar-refractivity contribution < 1.29 is 9.59 Å². The lowest BCUT2D eigenvalue weighted by Crippen LogP contribution is -2.40. The minimum atomic E-state index is -0.268. The van der Waals surface area contributed by atoms with Gasteiger partial charge >= 0.3 is 0 Å². The number of nitrogens with one attached hydrogen (secondary N) is 1. The molecule has 1 N–H and O–H groups in total. The van der Waals surface area contributed by atoms with Gasteiger partial charge in [-0.15, -0.1) is 17.9 Å². The van der Waals surface area contributed by atoms with Crippen LogP contribution in [-0.2, 0) is 9.59 Å². The zero-order valence-electron chi connectivity index (χ0n) is 14.6. The minimum Gasteiger partial charge on any atom is -0.329 e. The summed E-state index contributed by atoms with van der Waals surface area (Å²) in [5.41, 5.74) is 1.81. The first-order valence-corrected chi connectivity index (χ1v) is 9.09. The number of nitrogens with zero attached hydrogens (tertiary/aromatic N) is 2. The first-order valence-electron chi connectivity index (χ1n) is 8.21. The van der Waals surface area contributed by atoms with Gasteiger partial charge in [0, 0.05) is 11.9 Å². The Bertz CT molecular complexity index is 727. The number of rotatable bonds is 8. The maximum atomic E-state index is 12.9. The Morgan fingerprint density at radius 2 is 2.08 bits per heavy atom. The molecule has 0 unspecified atom stereocenters. The van der Waals surface area contributed by atoms with Crippen LogP contribution in [-0.4, -0.2) is 34.8 Å². The number of thiazole rings is 1. The number of carbonyl (C=O) groups excluding carboxylic acids is 2. The van der Waals surface area contributed by atoms with Crippen LogP contribution >= 0.6 is 11.3 Å². The molecule has 0 aliphatic rings. The fourth-order valence-corrected chi connectivity index (χ4v) is 3.29. The van der Waals surface area contributed by atoms with Gasteiger partial charge in [0.15, 0.2) is 5.13 Å². The molecule has 1 aromatic carbocycles. The summed E-state index contributed by atoms with van der Waals surface area (Å²) in [7, 11) is 0. The SMILES string of the molecule is C=CCN(CC(=O)Nc1nc(C)cs1)C(=O)[C@@H](CC)c1ccccc1. The van der Waals surface area contributed by atoms with Crippen LogP contribution in [0.4, 0.5) is 5.13 Å². The Kier molecular flexibility index (Phi) is 6.89. The third kappa shape index (κ3) is 5.26. The van der Waals surface area contributed by atoms with Gasteiger partial charge in [0.1, 0.15) is 6.54 Å². The maximum Gasteiger partial charge on any atom is 0.245 e. The lowest BCUT2D eigenvalue weighted by molar-refractivity contribution is -0.135. The summed E-state index contributed by atoms with van der Waals surface area (Å²) in [5.74, 6) is -0.595. The normalized spacial score (nSPS) is 11.6.